The lowest BCUT2D eigenvalue weighted by Crippen LogP contribution is -2.35. The summed E-state index contributed by atoms with van der Waals surface area (Å²) in [7, 11) is 3.18. The molecule has 0 aliphatic rings. The van der Waals surface area contributed by atoms with Crippen molar-refractivity contribution in [2.24, 2.45) is 0 Å². The molecule has 0 aromatic heterocycles. The van der Waals surface area contributed by atoms with Crippen molar-refractivity contribution in [3.63, 3.8) is 0 Å². The number of ether oxygens (including phenoxy) is 1. The first-order chi connectivity index (χ1) is 8.34. The lowest BCUT2D eigenvalue weighted by Gasteiger charge is -2.19. The Hall–Kier alpha value is -1.75. The fourth-order valence-corrected chi connectivity index (χ4v) is 1.61. The van der Waals surface area contributed by atoms with Crippen LogP contribution in [-0.4, -0.2) is 42.1 Å². The monoisotopic (exact) mass is 271 g/mol. The number of carboxylic acids is 1. The number of carbonyl (C=O) groups excluding carboxylic acids is 1. The van der Waals surface area contributed by atoms with Gasteiger partial charge in [0, 0.05) is 14.1 Å². The van der Waals surface area contributed by atoms with E-state index in [1.807, 2.05) is 0 Å². The Kier molecular flexibility index (Phi) is 4.55. The maximum absolute atomic E-state index is 11.7. The van der Waals surface area contributed by atoms with Gasteiger partial charge in [0.25, 0.3) is 5.91 Å². The first kappa shape index (κ1) is 14.3. The first-order valence-electron chi connectivity index (χ1n) is 5.24. The Morgan fingerprint density at radius 2 is 2.00 bits per heavy atom. The summed E-state index contributed by atoms with van der Waals surface area (Å²) in [4.78, 5) is 24.0. The molecule has 0 radical (unpaired) electrons. The highest BCUT2D eigenvalue weighted by molar-refractivity contribution is 6.32. The number of likely N-dealkylation sites (N-methyl/N-ethyl adjacent to an activating group) is 1. The van der Waals surface area contributed by atoms with Gasteiger partial charge in [0.2, 0.25) is 0 Å². The van der Waals surface area contributed by atoms with Gasteiger partial charge < -0.3 is 14.7 Å². The van der Waals surface area contributed by atoms with Crippen molar-refractivity contribution in [2.45, 2.75) is 13.0 Å². The van der Waals surface area contributed by atoms with Crippen LogP contribution in [0.15, 0.2) is 18.2 Å². The van der Waals surface area contributed by atoms with E-state index in [1.165, 1.54) is 30.0 Å². The Bertz CT molecular complexity index is 473. The Morgan fingerprint density at radius 3 is 2.50 bits per heavy atom. The van der Waals surface area contributed by atoms with Crippen LogP contribution in [0.4, 0.5) is 0 Å². The number of nitrogens with zero attached hydrogens (tertiary/aromatic N) is 1. The van der Waals surface area contributed by atoms with Crippen LogP contribution in [0, 0.1) is 0 Å². The van der Waals surface area contributed by atoms with Crippen molar-refractivity contribution >= 4 is 23.5 Å². The number of para-hydroxylation sites is 1. The van der Waals surface area contributed by atoms with Gasteiger partial charge in [0.05, 0.1) is 5.02 Å². The number of hydrogen-bond acceptors (Lipinski definition) is 3. The lowest BCUT2D eigenvalue weighted by atomic mass is 10.2. The summed E-state index contributed by atoms with van der Waals surface area (Å²) in [5.74, 6) is -1.42. The molecule has 1 N–H and O–H groups in total. The van der Waals surface area contributed by atoms with E-state index in [0.29, 0.717) is 0 Å². The van der Waals surface area contributed by atoms with Gasteiger partial charge in [-0.05, 0) is 19.1 Å². The number of rotatable bonds is 4. The number of carboxylic acid groups (broad SMARTS) is 1. The van der Waals surface area contributed by atoms with E-state index in [0.717, 1.165) is 0 Å². The van der Waals surface area contributed by atoms with Crippen molar-refractivity contribution in [3.05, 3.63) is 28.8 Å². The molecule has 0 aliphatic heterocycles. The Labute approximate surface area is 110 Å². The standard InChI is InChI=1S/C12H14ClNO4/c1-7(11(15)14(2)3)18-10-8(12(16)17)5-4-6-9(10)13/h4-7H,1-3H3,(H,16,17). The normalized spacial score (nSPS) is 11.8. The molecule has 98 valence electrons. The summed E-state index contributed by atoms with van der Waals surface area (Å²) in [5, 5.41) is 9.18. The SMILES string of the molecule is CC(Oc1c(Cl)cccc1C(=O)O)C(=O)N(C)C. The van der Waals surface area contributed by atoms with E-state index in [9.17, 15) is 9.59 Å². The topological polar surface area (TPSA) is 66.8 Å². The molecule has 6 heteroatoms. The molecular weight excluding hydrogens is 258 g/mol. The molecule has 5 nitrogen and oxygen atoms in total. The highest BCUT2D eigenvalue weighted by Gasteiger charge is 2.21. The van der Waals surface area contributed by atoms with Crippen molar-refractivity contribution in [1.82, 2.24) is 4.90 Å². The van der Waals surface area contributed by atoms with Crippen LogP contribution in [0.2, 0.25) is 5.02 Å². The summed E-state index contributed by atoms with van der Waals surface area (Å²) in [5.41, 5.74) is -0.0686. The molecule has 18 heavy (non-hydrogen) atoms. The second kappa shape index (κ2) is 5.73. The summed E-state index contributed by atoms with van der Waals surface area (Å²) in [6.45, 7) is 1.54. The average Bonchev–Trinajstić information content (AvgIpc) is 2.30. The molecule has 0 fully saturated rings. The van der Waals surface area contributed by atoms with E-state index >= 15 is 0 Å². The minimum Gasteiger partial charge on any atom is -0.478 e. The number of halogens is 1. The molecule has 0 spiro atoms. The Balaban J connectivity index is 3.04. The van der Waals surface area contributed by atoms with E-state index in [2.05, 4.69) is 0 Å². The van der Waals surface area contributed by atoms with Crippen molar-refractivity contribution in [3.8, 4) is 5.75 Å². The molecular formula is C12H14ClNO4. The molecule has 0 saturated heterocycles. The second-order valence-corrected chi connectivity index (χ2v) is 4.32. The molecule has 1 aromatic carbocycles. The van der Waals surface area contributed by atoms with Crippen molar-refractivity contribution in [1.29, 1.82) is 0 Å². The molecule has 1 rings (SSSR count). The van der Waals surface area contributed by atoms with E-state index < -0.39 is 12.1 Å². The quantitative estimate of drug-likeness (QED) is 0.908. The third kappa shape index (κ3) is 3.13. The average molecular weight is 272 g/mol. The number of amides is 1. The van der Waals surface area contributed by atoms with Crippen LogP contribution in [0.25, 0.3) is 0 Å². The van der Waals surface area contributed by atoms with Crippen molar-refractivity contribution < 1.29 is 19.4 Å². The van der Waals surface area contributed by atoms with Gasteiger partial charge >= 0.3 is 5.97 Å². The van der Waals surface area contributed by atoms with Gasteiger partial charge in [0.15, 0.2) is 11.9 Å². The van der Waals surface area contributed by atoms with Gasteiger partial charge in [-0.15, -0.1) is 0 Å². The van der Waals surface area contributed by atoms with Crippen LogP contribution in [0.3, 0.4) is 0 Å². The van der Waals surface area contributed by atoms with Gasteiger partial charge in [-0.25, -0.2) is 4.79 Å². The van der Waals surface area contributed by atoms with Crippen LogP contribution in [-0.2, 0) is 4.79 Å². The summed E-state index contributed by atoms with van der Waals surface area (Å²) < 4.78 is 5.36. The van der Waals surface area contributed by atoms with Gasteiger partial charge in [-0.3, -0.25) is 4.79 Å². The van der Waals surface area contributed by atoms with E-state index in [1.54, 1.807) is 14.1 Å². The van der Waals surface area contributed by atoms with E-state index in [-0.39, 0.29) is 22.2 Å². The third-order valence-corrected chi connectivity index (χ3v) is 2.58. The predicted octanol–water partition coefficient (Wildman–Crippen LogP) is 1.89. The van der Waals surface area contributed by atoms with E-state index in [4.69, 9.17) is 21.4 Å². The number of benzene rings is 1. The van der Waals surface area contributed by atoms with Gasteiger partial charge in [0.1, 0.15) is 5.56 Å². The largest absolute Gasteiger partial charge is 0.478 e. The van der Waals surface area contributed by atoms with Gasteiger partial charge in [-0.1, -0.05) is 17.7 Å². The van der Waals surface area contributed by atoms with Gasteiger partial charge in [-0.2, -0.15) is 0 Å². The second-order valence-electron chi connectivity index (χ2n) is 3.91. The van der Waals surface area contributed by atoms with Crippen molar-refractivity contribution in [2.75, 3.05) is 14.1 Å². The number of aromatic carboxylic acids is 1. The molecule has 1 unspecified atom stereocenters. The lowest BCUT2D eigenvalue weighted by molar-refractivity contribution is -0.135. The molecule has 0 aliphatic carbocycles. The zero-order chi connectivity index (χ0) is 13.9. The number of hydrogen-bond donors (Lipinski definition) is 1. The van der Waals surface area contributed by atoms with Crippen LogP contribution < -0.4 is 4.74 Å². The van der Waals surface area contributed by atoms with Crippen LogP contribution in [0.1, 0.15) is 17.3 Å². The highest BCUT2D eigenvalue weighted by atomic mass is 35.5. The summed E-state index contributed by atoms with van der Waals surface area (Å²) in [6.07, 6.45) is -0.807. The smallest absolute Gasteiger partial charge is 0.339 e. The fourth-order valence-electron chi connectivity index (χ4n) is 1.39. The van der Waals surface area contributed by atoms with Crippen LogP contribution in [0.5, 0.6) is 5.75 Å². The fraction of sp³-hybridized carbons (Fsp3) is 0.333. The molecule has 0 saturated carbocycles. The molecule has 1 aromatic rings. The number of carbonyl (C=O) groups is 2. The minimum absolute atomic E-state index is 0.00867. The maximum Gasteiger partial charge on any atom is 0.339 e. The summed E-state index contributed by atoms with van der Waals surface area (Å²) in [6, 6.07) is 4.39. The maximum atomic E-state index is 11.7. The molecule has 0 heterocycles. The Morgan fingerprint density at radius 1 is 1.39 bits per heavy atom. The third-order valence-electron chi connectivity index (χ3n) is 2.28. The molecule has 0 bridgehead atoms. The zero-order valence-corrected chi connectivity index (χ0v) is 11.1. The highest BCUT2D eigenvalue weighted by Crippen LogP contribution is 2.29. The minimum atomic E-state index is -1.16. The zero-order valence-electron chi connectivity index (χ0n) is 10.3. The molecule has 1 amide bonds. The molecule has 1 atom stereocenters. The summed E-state index contributed by atoms with van der Waals surface area (Å²) >= 11 is 5.89. The first-order valence-corrected chi connectivity index (χ1v) is 5.62. The van der Waals surface area contributed by atoms with Crippen LogP contribution >= 0.6 is 11.6 Å². The predicted molar refractivity (Wildman–Crippen MR) is 67.2 cm³/mol.